The number of aryl methyl sites for hydroxylation is 1. The van der Waals surface area contributed by atoms with Gasteiger partial charge in [0.1, 0.15) is 6.33 Å². The summed E-state index contributed by atoms with van der Waals surface area (Å²) in [7, 11) is 1.92. The third-order valence-corrected chi connectivity index (χ3v) is 2.43. The van der Waals surface area contributed by atoms with Crippen LogP contribution in [0, 0.1) is 0 Å². The molecule has 2 rings (SSSR count). The van der Waals surface area contributed by atoms with Crippen LogP contribution in [0.25, 0.3) is 0 Å². The lowest BCUT2D eigenvalue weighted by atomic mass is 10.4. The second-order valence-electron chi connectivity index (χ2n) is 3.96. The number of nitrogens with one attached hydrogen (secondary N) is 1. The van der Waals surface area contributed by atoms with Crippen LogP contribution in [0.2, 0.25) is 0 Å². The number of anilines is 1. The van der Waals surface area contributed by atoms with E-state index in [1.807, 2.05) is 17.8 Å². The monoisotopic (exact) mass is 220 g/mol. The van der Waals surface area contributed by atoms with E-state index in [0.717, 1.165) is 11.8 Å². The Hall–Kier alpha value is -1.85. The van der Waals surface area contributed by atoms with Crippen LogP contribution in [0.15, 0.2) is 18.7 Å². The van der Waals surface area contributed by atoms with Gasteiger partial charge in [0.05, 0.1) is 6.54 Å². The molecule has 0 spiro atoms. The van der Waals surface area contributed by atoms with E-state index in [4.69, 9.17) is 0 Å². The molecule has 0 bridgehead atoms. The van der Waals surface area contributed by atoms with Crippen LogP contribution >= 0.6 is 0 Å². The first kappa shape index (κ1) is 10.7. The lowest BCUT2D eigenvalue weighted by molar-refractivity contribution is 0.603. The van der Waals surface area contributed by atoms with E-state index < -0.39 is 0 Å². The summed E-state index contributed by atoms with van der Waals surface area (Å²) in [6, 6.07) is 0.393. The molecule has 0 amide bonds. The van der Waals surface area contributed by atoms with E-state index in [-0.39, 0.29) is 0 Å². The first-order valence-corrected chi connectivity index (χ1v) is 5.28. The average molecular weight is 220 g/mol. The summed E-state index contributed by atoms with van der Waals surface area (Å²) in [5.41, 5.74) is 0. The lowest BCUT2D eigenvalue weighted by Crippen LogP contribution is -2.11. The molecule has 6 heteroatoms. The minimum absolute atomic E-state index is 0.393. The van der Waals surface area contributed by atoms with Crippen LogP contribution in [0.4, 0.5) is 5.95 Å². The quantitative estimate of drug-likeness (QED) is 0.841. The zero-order chi connectivity index (χ0) is 11.5. The summed E-state index contributed by atoms with van der Waals surface area (Å²) in [5, 5.41) is 11.1. The molecule has 0 atom stereocenters. The Labute approximate surface area is 94.3 Å². The Morgan fingerprint density at radius 2 is 2.25 bits per heavy atom. The molecule has 0 saturated carbocycles. The van der Waals surface area contributed by atoms with Crippen molar-refractivity contribution in [3.05, 3.63) is 24.5 Å². The van der Waals surface area contributed by atoms with Crippen LogP contribution in [-0.2, 0) is 13.6 Å². The molecule has 0 saturated heterocycles. The summed E-state index contributed by atoms with van der Waals surface area (Å²) in [5.74, 6) is 1.75. The molecule has 0 fully saturated rings. The zero-order valence-corrected chi connectivity index (χ0v) is 9.75. The SMILES string of the molecule is CC(C)n1ccnc1NCc1nncn1C. The third kappa shape index (κ3) is 2.05. The summed E-state index contributed by atoms with van der Waals surface area (Å²) in [4.78, 5) is 4.26. The lowest BCUT2D eigenvalue weighted by Gasteiger charge is -2.12. The molecule has 0 aliphatic carbocycles. The molecular weight excluding hydrogens is 204 g/mol. The van der Waals surface area contributed by atoms with Gasteiger partial charge in [-0.1, -0.05) is 0 Å². The van der Waals surface area contributed by atoms with Crippen LogP contribution < -0.4 is 5.32 Å². The predicted molar refractivity (Wildman–Crippen MR) is 60.9 cm³/mol. The minimum Gasteiger partial charge on any atom is -0.348 e. The molecule has 16 heavy (non-hydrogen) atoms. The number of nitrogens with zero attached hydrogens (tertiary/aromatic N) is 5. The molecule has 2 aromatic heterocycles. The van der Waals surface area contributed by atoms with Crippen molar-refractivity contribution in [2.75, 3.05) is 5.32 Å². The van der Waals surface area contributed by atoms with E-state index >= 15 is 0 Å². The minimum atomic E-state index is 0.393. The van der Waals surface area contributed by atoms with Crippen molar-refractivity contribution in [2.45, 2.75) is 26.4 Å². The zero-order valence-electron chi connectivity index (χ0n) is 9.75. The predicted octanol–water partition coefficient (Wildman–Crippen LogP) is 1.20. The maximum atomic E-state index is 4.26. The molecule has 0 aliphatic rings. The van der Waals surface area contributed by atoms with Crippen LogP contribution in [-0.4, -0.2) is 24.3 Å². The molecular formula is C10H16N6. The van der Waals surface area contributed by atoms with Crippen LogP contribution in [0.3, 0.4) is 0 Å². The average Bonchev–Trinajstić information content (AvgIpc) is 2.83. The van der Waals surface area contributed by atoms with Gasteiger partial charge in [0.15, 0.2) is 5.82 Å². The normalized spacial score (nSPS) is 11.0. The number of hydrogen-bond donors (Lipinski definition) is 1. The number of aromatic nitrogens is 5. The molecule has 0 unspecified atom stereocenters. The van der Waals surface area contributed by atoms with Crippen molar-refractivity contribution in [1.29, 1.82) is 0 Å². The van der Waals surface area contributed by atoms with E-state index in [1.54, 1.807) is 12.5 Å². The maximum absolute atomic E-state index is 4.26. The van der Waals surface area contributed by atoms with Crippen LogP contribution in [0.1, 0.15) is 25.7 Å². The van der Waals surface area contributed by atoms with Gasteiger partial charge in [-0.3, -0.25) is 0 Å². The Morgan fingerprint density at radius 3 is 2.88 bits per heavy atom. The fraction of sp³-hybridized carbons (Fsp3) is 0.500. The number of rotatable bonds is 4. The molecule has 0 aromatic carbocycles. The van der Waals surface area contributed by atoms with Gasteiger partial charge in [0.25, 0.3) is 0 Å². The van der Waals surface area contributed by atoms with E-state index in [1.165, 1.54) is 0 Å². The van der Waals surface area contributed by atoms with Gasteiger partial charge in [-0.15, -0.1) is 10.2 Å². The van der Waals surface area contributed by atoms with E-state index in [0.29, 0.717) is 12.6 Å². The third-order valence-electron chi connectivity index (χ3n) is 2.43. The van der Waals surface area contributed by atoms with Gasteiger partial charge < -0.3 is 14.5 Å². The summed E-state index contributed by atoms with van der Waals surface area (Å²) >= 11 is 0. The number of hydrogen-bond acceptors (Lipinski definition) is 4. The Morgan fingerprint density at radius 1 is 1.44 bits per heavy atom. The topological polar surface area (TPSA) is 60.6 Å². The van der Waals surface area contributed by atoms with Crippen molar-refractivity contribution in [1.82, 2.24) is 24.3 Å². The van der Waals surface area contributed by atoms with Crippen LogP contribution in [0.5, 0.6) is 0 Å². The van der Waals surface area contributed by atoms with Gasteiger partial charge in [-0.2, -0.15) is 0 Å². The highest BCUT2D eigenvalue weighted by molar-refractivity contribution is 5.26. The molecule has 0 radical (unpaired) electrons. The highest BCUT2D eigenvalue weighted by Gasteiger charge is 2.06. The van der Waals surface area contributed by atoms with Gasteiger partial charge in [-0.05, 0) is 13.8 Å². The fourth-order valence-electron chi connectivity index (χ4n) is 1.49. The van der Waals surface area contributed by atoms with E-state index in [9.17, 15) is 0 Å². The summed E-state index contributed by atoms with van der Waals surface area (Å²) in [6.45, 7) is 4.87. The Balaban J connectivity index is 2.05. The van der Waals surface area contributed by atoms with Crippen molar-refractivity contribution in [3.8, 4) is 0 Å². The molecule has 2 heterocycles. The van der Waals surface area contributed by atoms with Gasteiger partial charge in [0, 0.05) is 25.5 Å². The Kier molecular flexibility index (Phi) is 2.89. The highest BCUT2D eigenvalue weighted by Crippen LogP contribution is 2.12. The largest absolute Gasteiger partial charge is 0.348 e. The van der Waals surface area contributed by atoms with Crippen molar-refractivity contribution in [3.63, 3.8) is 0 Å². The molecule has 2 aromatic rings. The maximum Gasteiger partial charge on any atom is 0.203 e. The highest BCUT2D eigenvalue weighted by atomic mass is 15.3. The van der Waals surface area contributed by atoms with Crippen molar-refractivity contribution in [2.24, 2.45) is 7.05 Å². The fourth-order valence-corrected chi connectivity index (χ4v) is 1.49. The molecule has 1 N–H and O–H groups in total. The molecule has 6 nitrogen and oxygen atoms in total. The standard InChI is InChI=1S/C10H16N6/c1-8(2)16-5-4-11-10(16)12-6-9-14-13-7-15(9)3/h4-5,7-8H,6H2,1-3H3,(H,11,12). The van der Waals surface area contributed by atoms with Gasteiger partial charge in [-0.25, -0.2) is 4.98 Å². The first-order chi connectivity index (χ1) is 7.68. The number of imidazole rings is 1. The molecule has 0 aliphatic heterocycles. The second-order valence-corrected chi connectivity index (χ2v) is 3.96. The summed E-state index contributed by atoms with van der Waals surface area (Å²) in [6.07, 6.45) is 5.44. The van der Waals surface area contributed by atoms with Crippen molar-refractivity contribution < 1.29 is 0 Å². The van der Waals surface area contributed by atoms with Gasteiger partial charge >= 0.3 is 0 Å². The first-order valence-electron chi connectivity index (χ1n) is 5.28. The summed E-state index contributed by atoms with van der Waals surface area (Å²) < 4.78 is 3.96. The molecule has 86 valence electrons. The van der Waals surface area contributed by atoms with E-state index in [2.05, 4.69) is 38.9 Å². The Bertz CT molecular complexity index is 455. The second kappa shape index (κ2) is 4.34. The smallest absolute Gasteiger partial charge is 0.203 e. The van der Waals surface area contributed by atoms with Gasteiger partial charge in [0.2, 0.25) is 5.95 Å². The van der Waals surface area contributed by atoms with Crippen molar-refractivity contribution >= 4 is 5.95 Å².